The van der Waals surface area contributed by atoms with Crippen molar-refractivity contribution < 1.29 is 27.5 Å². The number of anilines is 1. The van der Waals surface area contributed by atoms with Crippen LogP contribution in [0.5, 0.6) is 0 Å². The predicted molar refractivity (Wildman–Crippen MR) is 148 cm³/mol. The topological polar surface area (TPSA) is 103 Å². The molecule has 0 unspecified atom stereocenters. The number of fused-ring (bicyclic) bond motifs is 1. The van der Waals surface area contributed by atoms with E-state index in [0.717, 1.165) is 12.6 Å². The lowest BCUT2D eigenvalue weighted by molar-refractivity contribution is -0.137. The molecule has 41 heavy (non-hydrogen) atoms. The highest BCUT2D eigenvalue weighted by Gasteiger charge is 2.37. The molecule has 9 nitrogen and oxygen atoms in total. The number of halogens is 3. The Kier molecular flexibility index (Phi) is 7.60. The van der Waals surface area contributed by atoms with Gasteiger partial charge in [-0.15, -0.1) is 0 Å². The second-order valence-electron chi connectivity index (χ2n) is 12.0. The first kappa shape index (κ1) is 28.7. The molecular weight excluding hydrogens is 537 g/mol. The number of aromatic amines is 1. The molecule has 1 aromatic carbocycles. The van der Waals surface area contributed by atoms with Crippen molar-refractivity contribution in [1.29, 1.82) is 0 Å². The maximum absolute atomic E-state index is 14.1. The van der Waals surface area contributed by atoms with E-state index < -0.39 is 23.4 Å². The summed E-state index contributed by atoms with van der Waals surface area (Å²) < 4.78 is 47.7. The van der Waals surface area contributed by atoms with Gasteiger partial charge in [0.25, 0.3) is 5.91 Å². The van der Waals surface area contributed by atoms with Gasteiger partial charge in [-0.05, 0) is 58.1 Å². The third-order valence-electron chi connectivity index (χ3n) is 7.40. The highest BCUT2D eigenvalue weighted by molar-refractivity contribution is 6.02. The number of H-pyrrole nitrogens is 1. The van der Waals surface area contributed by atoms with Crippen molar-refractivity contribution in [3.8, 4) is 11.3 Å². The first-order chi connectivity index (χ1) is 19.3. The van der Waals surface area contributed by atoms with E-state index in [-0.39, 0.29) is 29.2 Å². The number of rotatable bonds is 4. The van der Waals surface area contributed by atoms with Crippen LogP contribution in [0.25, 0.3) is 22.2 Å². The maximum atomic E-state index is 14.1. The number of benzene rings is 1. The summed E-state index contributed by atoms with van der Waals surface area (Å²) in [6.45, 7) is 9.70. The second kappa shape index (κ2) is 10.9. The van der Waals surface area contributed by atoms with Gasteiger partial charge in [-0.25, -0.2) is 14.8 Å². The summed E-state index contributed by atoms with van der Waals surface area (Å²) in [5.74, 6) is 0.383. The van der Waals surface area contributed by atoms with Gasteiger partial charge in [0.2, 0.25) is 5.95 Å². The molecule has 0 bridgehead atoms. The molecule has 2 amide bonds. The molecule has 0 spiro atoms. The molecule has 0 aliphatic carbocycles. The minimum Gasteiger partial charge on any atom is -0.444 e. The first-order valence-corrected chi connectivity index (χ1v) is 13.9. The van der Waals surface area contributed by atoms with E-state index in [4.69, 9.17) is 4.74 Å². The van der Waals surface area contributed by atoms with Gasteiger partial charge in [0.05, 0.1) is 5.69 Å². The number of alkyl halides is 3. The van der Waals surface area contributed by atoms with E-state index in [1.54, 1.807) is 48.8 Å². The minimum absolute atomic E-state index is 0.0355. The molecule has 2 aliphatic rings. The Labute approximate surface area is 236 Å². The minimum atomic E-state index is -4.68. The lowest BCUT2D eigenvalue weighted by Gasteiger charge is -2.34. The summed E-state index contributed by atoms with van der Waals surface area (Å²) in [6, 6.07) is 4.71. The molecule has 3 aromatic rings. The van der Waals surface area contributed by atoms with Crippen LogP contribution in [0.1, 0.15) is 62.9 Å². The second-order valence-corrected chi connectivity index (χ2v) is 12.0. The summed E-state index contributed by atoms with van der Waals surface area (Å²) in [5.41, 5.74) is -0.593. The molecular formula is C29H35F3N6O3. The van der Waals surface area contributed by atoms with Gasteiger partial charge in [-0.1, -0.05) is 13.0 Å². The molecule has 220 valence electrons. The molecule has 4 heterocycles. The van der Waals surface area contributed by atoms with Crippen LogP contribution >= 0.6 is 0 Å². The van der Waals surface area contributed by atoms with Crippen LogP contribution < -0.4 is 5.32 Å². The zero-order chi connectivity index (χ0) is 29.5. The van der Waals surface area contributed by atoms with Gasteiger partial charge in [0.15, 0.2) is 0 Å². The van der Waals surface area contributed by atoms with Crippen LogP contribution in [0, 0.1) is 5.92 Å². The molecule has 0 radical (unpaired) electrons. The first-order valence-electron chi connectivity index (χ1n) is 13.9. The molecule has 2 N–H and O–H groups in total. The Morgan fingerprint density at radius 3 is 2.56 bits per heavy atom. The molecule has 2 atom stereocenters. The van der Waals surface area contributed by atoms with Gasteiger partial charge in [0, 0.05) is 66.6 Å². The molecule has 0 saturated carbocycles. The van der Waals surface area contributed by atoms with Crippen molar-refractivity contribution in [3.05, 3.63) is 41.7 Å². The van der Waals surface area contributed by atoms with Crippen LogP contribution in [0.2, 0.25) is 0 Å². The molecule has 2 aliphatic heterocycles. The van der Waals surface area contributed by atoms with E-state index in [2.05, 4.69) is 27.2 Å². The number of amides is 2. The molecule has 12 heteroatoms. The van der Waals surface area contributed by atoms with Crippen LogP contribution in [0.3, 0.4) is 0 Å². The average Bonchev–Trinajstić information content (AvgIpc) is 3.52. The van der Waals surface area contributed by atoms with Crippen LogP contribution in [0.4, 0.5) is 23.9 Å². The zero-order valence-electron chi connectivity index (χ0n) is 23.6. The molecule has 2 aromatic heterocycles. The summed E-state index contributed by atoms with van der Waals surface area (Å²) >= 11 is 0. The SMILES string of the molecule is C[C@H]1CCN(C(=O)c2ccc3c(-c4nc(N[C@H]5CCCN(C(=O)OC(C)(C)C)C5)ncc4C(F)(F)F)c[nH]c3c2)C1. The van der Waals surface area contributed by atoms with Gasteiger partial charge < -0.3 is 24.8 Å². The standard InChI is InChI=1S/C29H35F3N6O3/c1-17-9-11-37(15-17)25(39)18-7-8-20-21(13-33-23(20)12-18)24-22(29(30,31)32)14-34-26(36-24)35-19-6-5-10-38(16-19)27(40)41-28(2,3)4/h7-8,12-14,17,19,33H,5-6,9-11,15-16H2,1-4H3,(H,34,35,36)/t17-,19-/m0/s1. The Morgan fingerprint density at radius 2 is 1.88 bits per heavy atom. The fourth-order valence-corrected chi connectivity index (χ4v) is 5.39. The number of carbonyl (C=O) groups excluding carboxylic acids is 2. The monoisotopic (exact) mass is 572 g/mol. The zero-order valence-corrected chi connectivity index (χ0v) is 23.6. The van der Waals surface area contributed by atoms with Crippen molar-refractivity contribution >= 4 is 28.9 Å². The van der Waals surface area contributed by atoms with E-state index in [1.165, 1.54) is 6.20 Å². The van der Waals surface area contributed by atoms with Gasteiger partial charge >= 0.3 is 12.3 Å². The number of ether oxygens (including phenoxy) is 1. The van der Waals surface area contributed by atoms with Crippen LogP contribution in [-0.4, -0.2) is 74.6 Å². The smallest absolute Gasteiger partial charge is 0.419 e. The fraction of sp³-hybridized carbons (Fsp3) is 0.517. The average molecular weight is 573 g/mol. The molecule has 5 rings (SSSR count). The molecule has 2 fully saturated rings. The number of piperidine rings is 1. The third kappa shape index (κ3) is 6.41. The number of carbonyl (C=O) groups is 2. The van der Waals surface area contributed by atoms with E-state index in [0.29, 0.717) is 61.4 Å². The van der Waals surface area contributed by atoms with Gasteiger partial charge in [-0.3, -0.25) is 4.79 Å². The Balaban J connectivity index is 1.41. The number of aromatic nitrogens is 3. The van der Waals surface area contributed by atoms with Crippen molar-refractivity contribution in [2.45, 2.75) is 64.8 Å². The Bertz CT molecular complexity index is 1450. The van der Waals surface area contributed by atoms with Crippen molar-refractivity contribution in [2.75, 3.05) is 31.5 Å². The summed E-state index contributed by atoms with van der Waals surface area (Å²) in [5, 5.41) is 3.63. The van der Waals surface area contributed by atoms with Gasteiger partial charge in [-0.2, -0.15) is 13.2 Å². The van der Waals surface area contributed by atoms with Crippen molar-refractivity contribution in [3.63, 3.8) is 0 Å². The van der Waals surface area contributed by atoms with E-state index in [9.17, 15) is 22.8 Å². The lowest BCUT2D eigenvalue weighted by Crippen LogP contribution is -2.47. The largest absolute Gasteiger partial charge is 0.444 e. The maximum Gasteiger partial charge on any atom is 0.419 e. The number of hydrogen-bond donors (Lipinski definition) is 2. The van der Waals surface area contributed by atoms with Crippen molar-refractivity contribution in [2.24, 2.45) is 5.92 Å². The highest BCUT2D eigenvalue weighted by Crippen LogP contribution is 2.39. The Hall–Kier alpha value is -3.83. The normalized spacial score (nSPS) is 20.0. The summed E-state index contributed by atoms with van der Waals surface area (Å²) in [6.07, 6.45) is -0.520. The number of nitrogens with one attached hydrogen (secondary N) is 2. The van der Waals surface area contributed by atoms with Crippen LogP contribution in [-0.2, 0) is 10.9 Å². The number of likely N-dealkylation sites (tertiary alicyclic amines) is 2. The Morgan fingerprint density at radius 1 is 1.10 bits per heavy atom. The number of nitrogens with zero attached hydrogens (tertiary/aromatic N) is 4. The lowest BCUT2D eigenvalue weighted by atomic mass is 10.0. The van der Waals surface area contributed by atoms with Crippen LogP contribution in [0.15, 0.2) is 30.6 Å². The van der Waals surface area contributed by atoms with Gasteiger partial charge in [0.1, 0.15) is 11.2 Å². The van der Waals surface area contributed by atoms with Crippen molar-refractivity contribution in [1.82, 2.24) is 24.8 Å². The quantitative estimate of drug-likeness (QED) is 0.401. The summed E-state index contributed by atoms with van der Waals surface area (Å²) in [4.78, 5) is 40.2. The fourth-order valence-electron chi connectivity index (χ4n) is 5.39. The summed E-state index contributed by atoms with van der Waals surface area (Å²) in [7, 11) is 0. The molecule has 2 saturated heterocycles. The predicted octanol–water partition coefficient (Wildman–Crippen LogP) is 5.94. The third-order valence-corrected chi connectivity index (χ3v) is 7.40. The van der Waals surface area contributed by atoms with E-state index >= 15 is 0 Å². The highest BCUT2D eigenvalue weighted by atomic mass is 19.4. The van der Waals surface area contributed by atoms with E-state index in [1.807, 2.05) is 0 Å². The number of hydrogen-bond acceptors (Lipinski definition) is 6.